The lowest BCUT2D eigenvalue weighted by Gasteiger charge is -2.29. The standard InChI is InChI=1S/C15H15F3N2O2/c1-8(9-3-4-9)20(6-2-5-19)15(22)10-7-11(16)13(18)14(21)12(10)17/h7-9,21H,2-4,6H2,1H3/t8-/m1/s1. The van der Waals surface area contributed by atoms with Crippen molar-refractivity contribution in [3.05, 3.63) is 29.1 Å². The highest BCUT2D eigenvalue weighted by Gasteiger charge is 2.36. The van der Waals surface area contributed by atoms with Crippen LogP contribution in [0.4, 0.5) is 13.2 Å². The van der Waals surface area contributed by atoms with E-state index in [1.807, 2.05) is 6.07 Å². The zero-order chi connectivity index (χ0) is 16.4. The van der Waals surface area contributed by atoms with Gasteiger partial charge in [-0.1, -0.05) is 0 Å². The van der Waals surface area contributed by atoms with Crippen LogP contribution in [-0.4, -0.2) is 28.5 Å². The summed E-state index contributed by atoms with van der Waals surface area (Å²) in [6, 6.07) is 2.09. The normalized spacial score (nSPS) is 15.2. The summed E-state index contributed by atoms with van der Waals surface area (Å²) in [6.45, 7) is 1.83. The van der Waals surface area contributed by atoms with Gasteiger partial charge >= 0.3 is 0 Å². The highest BCUT2D eigenvalue weighted by molar-refractivity contribution is 5.95. The molecular formula is C15H15F3N2O2. The summed E-state index contributed by atoms with van der Waals surface area (Å²) in [4.78, 5) is 13.7. The van der Waals surface area contributed by atoms with Crippen molar-refractivity contribution < 1.29 is 23.1 Å². The fraction of sp³-hybridized carbons (Fsp3) is 0.467. The lowest BCUT2D eigenvalue weighted by atomic mass is 10.1. The van der Waals surface area contributed by atoms with Crippen LogP contribution in [0, 0.1) is 34.7 Å². The molecule has 1 aliphatic rings. The molecule has 7 heteroatoms. The molecule has 118 valence electrons. The third-order valence-electron chi connectivity index (χ3n) is 3.88. The summed E-state index contributed by atoms with van der Waals surface area (Å²) in [5.41, 5.74) is -0.734. The second-order valence-electron chi connectivity index (χ2n) is 5.37. The van der Waals surface area contributed by atoms with Gasteiger partial charge in [-0.05, 0) is 31.7 Å². The van der Waals surface area contributed by atoms with Crippen molar-refractivity contribution >= 4 is 5.91 Å². The predicted molar refractivity (Wildman–Crippen MR) is 71.4 cm³/mol. The molecule has 0 unspecified atom stereocenters. The molecule has 1 saturated carbocycles. The minimum absolute atomic E-state index is 0.0417. The largest absolute Gasteiger partial charge is 0.503 e. The molecule has 0 spiro atoms. The topological polar surface area (TPSA) is 64.3 Å². The maximum Gasteiger partial charge on any atom is 0.257 e. The van der Waals surface area contributed by atoms with Gasteiger partial charge < -0.3 is 10.0 Å². The maximum atomic E-state index is 13.9. The second kappa shape index (κ2) is 6.26. The molecule has 0 aliphatic heterocycles. The number of phenols is 1. The molecule has 1 atom stereocenters. The number of carbonyl (C=O) groups is 1. The monoisotopic (exact) mass is 312 g/mol. The van der Waals surface area contributed by atoms with Gasteiger partial charge in [0, 0.05) is 12.6 Å². The maximum absolute atomic E-state index is 13.9. The van der Waals surface area contributed by atoms with Crippen LogP contribution in [0.15, 0.2) is 6.07 Å². The molecular weight excluding hydrogens is 297 g/mol. The van der Waals surface area contributed by atoms with Crippen LogP contribution < -0.4 is 0 Å². The average molecular weight is 312 g/mol. The summed E-state index contributed by atoms with van der Waals surface area (Å²) in [7, 11) is 0. The summed E-state index contributed by atoms with van der Waals surface area (Å²) in [5, 5.41) is 17.9. The Hall–Kier alpha value is -2.23. The van der Waals surface area contributed by atoms with Crippen LogP contribution >= 0.6 is 0 Å². The van der Waals surface area contributed by atoms with E-state index in [1.165, 1.54) is 4.90 Å². The van der Waals surface area contributed by atoms with Crippen LogP contribution in [-0.2, 0) is 0 Å². The van der Waals surface area contributed by atoms with Crippen molar-refractivity contribution in [2.75, 3.05) is 6.54 Å². The quantitative estimate of drug-likeness (QED) is 0.850. The molecule has 0 radical (unpaired) electrons. The second-order valence-corrected chi connectivity index (χ2v) is 5.37. The zero-order valence-corrected chi connectivity index (χ0v) is 11.9. The van der Waals surface area contributed by atoms with Gasteiger partial charge in [0.05, 0.1) is 18.1 Å². The van der Waals surface area contributed by atoms with Crippen molar-refractivity contribution in [3.8, 4) is 11.8 Å². The smallest absolute Gasteiger partial charge is 0.257 e. The molecule has 0 aromatic heterocycles. The van der Waals surface area contributed by atoms with E-state index in [2.05, 4.69) is 0 Å². The number of rotatable bonds is 5. The summed E-state index contributed by atoms with van der Waals surface area (Å²) in [5.74, 6) is -6.84. The first kappa shape index (κ1) is 16.1. The molecule has 1 N–H and O–H groups in total. The van der Waals surface area contributed by atoms with Crippen LogP contribution in [0.5, 0.6) is 5.75 Å². The number of hydrogen-bond acceptors (Lipinski definition) is 3. The fourth-order valence-electron chi connectivity index (χ4n) is 2.39. The van der Waals surface area contributed by atoms with E-state index in [-0.39, 0.29) is 24.9 Å². The number of benzene rings is 1. The number of halogens is 3. The molecule has 0 bridgehead atoms. The molecule has 22 heavy (non-hydrogen) atoms. The van der Waals surface area contributed by atoms with E-state index in [0.29, 0.717) is 6.07 Å². The Labute approximate surface area is 125 Å². The molecule has 1 aliphatic carbocycles. The van der Waals surface area contributed by atoms with Crippen LogP contribution in [0.2, 0.25) is 0 Å². The molecule has 4 nitrogen and oxygen atoms in total. The van der Waals surface area contributed by atoms with Gasteiger partial charge in [-0.2, -0.15) is 9.65 Å². The Morgan fingerprint density at radius 3 is 2.64 bits per heavy atom. The van der Waals surface area contributed by atoms with Crippen molar-refractivity contribution in [2.45, 2.75) is 32.2 Å². The molecule has 1 fully saturated rings. The van der Waals surface area contributed by atoms with Crippen LogP contribution in [0.25, 0.3) is 0 Å². The number of nitriles is 1. The first-order valence-corrected chi connectivity index (χ1v) is 6.92. The van der Waals surface area contributed by atoms with Gasteiger partial charge in [0.25, 0.3) is 5.91 Å². The van der Waals surface area contributed by atoms with Crippen molar-refractivity contribution in [1.29, 1.82) is 5.26 Å². The zero-order valence-electron chi connectivity index (χ0n) is 11.9. The number of phenolic OH excluding ortho intramolecular Hbond substituents is 1. The number of aromatic hydroxyl groups is 1. The van der Waals surface area contributed by atoms with Gasteiger partial charge in [0.2, 0.25) is 5.82 Å². The number of hydrogen-bond donors (Lipinski definition) is 1. The Morgan fingerprint density at radius 1 is 1.45 bits per heavy atom. The van der Waals surface area contributed by atoms with Crippen molar-refractivity contribution in [2.24, 2.45) is 5.92 Å². The Morgan fingerprint density at radius 2 is 2.09 bits per heavy atom. The minimum Gasteiger partial charge on any atom is -0.503 e. The van der Waals surface area contributed by atoms with E-state index in [0.717, 1.165) is 12.8 Å². The molecule has 2 rings (SSSR count). The first-order chi connectivity index (χ1) is 10.4. The lowest BCUT2D eigenvalue weighted by molar-refractivity contribution is 0.0670. The fourth-order valence-corrected chi connectivity index (χ4v) is 2.39. The van der Waals surface area contributed by atoms with E-state index in [4.69, 9.17) is 5.26 Å². The van der Waals surface area contributed by atoms with E-state index in [1.54, 1.807) is 6.92 Å². The van der Waals surface area contributed by atoms with Crippen molar-refractivity contribution in [3.63, 3.8) is 0 Å². The molecule has 1 amide bonds. The third kappa shape index (κ3) is 3.01. The van der Waals surface area contributed by atoms with Crippen LogP contribution in [0.1, 0.15) is 36.5 Å². The summed E-state index contributed by atoms with van der Waals surface area (Å²) >= 11 is 0. The third-order valence-corrected chi connectivity index (χ3v) is 3.88. The molecule has 0 heterocycles. The summed E-state index contributed by atoms with van der Waals surface area (Å²) in [6.07, 6.45) is 1.88. The molecule has 0 saturated heterocycles. The van der Waals surface area contributed by atoms with Gasteiger partial charge in [0.1, 0.15) is 0 Å². The molecule has 1 aromatic carbocycles. The van der Waals surface area contributed by atoms with E-state index >= 15 is 0 Å². The van der Waals surface area contributed by atoms with Crippen molar-refractivity contribution in [1.82, 2.24) is 4.90 Å². The Kier molecular flexibility index (Phi) is 4.59. The average Bonchev–Trinajstić information content (AvgIpc) is 3.33. The highest BCUT2D eigenvalue weighted by Crippen LogP contribution is 2.36. The number of carbonyl (C=O) groups excluding carboxylic acids is 1. The van der Waals surface area contributed by atoms with Gasteiger partial charge in [0.15, 0.2) is 17.4 Å². The highest BCUT2D eigenvalue weighted by atomic mass is 19.2. The SMILES string of the molecule is C[C@H](C1CC1)N(CCC#N)C(=O)c1cc(F)c(F)c(O)c1F. The first-order valence-electron chi connectivity index (χ1n) is 6.92. The van der Waals surface area contributed by atoms with E-state index < -0.39 is 34.7 Å². The van der Waals surface area contributed by atoms with Crippen LogP contribution in [0.3, 0.4) is 0 Å². The Bertz CT molecular complexity index is 639. The van der Waals surface area contributed by atoms with Gasteiger partial charge in [-0.15, -0.1) is 0 Å². The lowest BCUT2D eigenvalue weighted by Crippen LogP contribution is -2.41. The molecule has 1 aromatic rings. The van der Waals surface area contributed by atoms with E-state index in [9.17, 15) is 23.1 Å². The Balaban J connectivity index is 2.36. The minimum atomic E-state index is -1.73. The van der Waals surface area contributed by atoms with Gasteiger partial charge in [-0.25, -0.2) is 8.78 Å². The van der Waals surface area contributed by atoms with Gasteiger partial charge in [-0.3, -0.25) is 4.79 Å². The number of nitrogens with zero attached hydrogens (tertiary/aromatic N) is 2. The number of amides is 1. The summed E-state index contributed by atoms with van der Waals surface area (Å²) < 4.78 is 40.3. The predicted octanol–water partition coefficient (Wildman–Crippen LogP) is 2.96.